The maximum atomic E-state index is 11.6. The summed E-state index contributed by atoms with van der Waals surface area (Å²) in [5, 5.41) is 13.8. The molecule has 5 heteroatoms. The summed E-state index contributed by atoms with van der Waals surface area (Å²) in [6.07, 6.45) is 16.0. The van der Waals surface area contributed by atoms with Crippen LogP contribution in [0.15, 0.2) is 42.5 Å². The number of ether oxygens (including phenoxy) is 1. The van der Waals surface area contributed by atoms with Crippen LogP contribution in [0.2, 0.25) is 0 Å². The highest BCUT2D eigenvalue weighted by atomic mass is 16.5. The number of nitrogens with zero attached hydrogens (tertiary/aromatic N) is 1. The molecule has 0 amide bonds. The van der Waals surface area contributed by atoms with Gasteiger partial charge in [-0.15, -0.1) is 0 Å². The van der Waals surface area contributed by atoms with Crippen molar-refractivity contribution in [2.75, 3.05) is 26.2 Å². The van der Waals surface area contributed by atoms with Crippen LogP contribution in [-0.4, -0.2) is 59.9 Å². The first kappa shape index (κ1) is 33.2. The summed E-state index contributed by atoms with van der Waals surface area (Å²) in [6.45, 7) is 24.4. The fraction of sp³-hybridized carbons (Fsp3) is 0.744. The standard InChI is InChI=1S/C43H62N2O3/c1-27(2)32-14-19-43(44-22-23-45-25-31-24-30(45)26-48-31)21-20-41(6)34(37(32)43)12-13-36-40(5)17-15-33(28-8-10-29(11-9-28)38(46)47)39(3,4)35(40)16-18-42(36,41)7/h8-11,15,30-32,34-37,44H,1,12-14,16-26H2,2-7H3,(H,46,47)/t30?,31-,32-,34-,35-,36+,37+,40-,41+,42+,43-/m0/s1. The lowest BCUT2D eigenvalue weighted by atomic mass is 9.33. The van der Waals surface area contributed by atoms with Gasteiger partial charge in [0.25, 0.3) is 0 Å². The van der Waals surface area contributed by atoms with Crippen LogP contribution in [-0.2, 0) is 4.74 Å². The van der Waals surface area contributed by atoms with Crippen LogP contribution in [0.3, 0.4) is 0 Å². The van der Waals surface area contributed by atoms with Crippen molar-refractivity contribution in [1.29, 1.82) is 0 Å². The van der Waals surface area contributed by atoms with Crippen molar-refractivity contribution in [3.8, 4) is 0 Å². The molecule has 1 aromatic rings. The van der Waals surface area contributed by atoms with E-state index in [1.807, 2.05) is 12.1 Å². The molecule has 48 heavy (non-hydrogen) atoms. The third-order valence-electron chi connectivity index (χ3n) is 17.0. The highest BCUT2D eigenvalue weighted by Gasteiger charge is 2.70. The zero-order chi connectivity index (χ0) is 33.9. The van der Waals surface area contributed by atoms with E-state index in [-0.39, 0.29) is 16.4 Å². The number of carboxylic acids is 1. The molecule has 1 aromatic carbocycles. The van der Waals surface area contributed by atoms with E-state index < -0.39 is 5.97 Å². The second kappa shape index (κ2) is 11.3. The van der Waals surface area contributed by atoms with Gasteiger partial charge in [-0.1, -0.05) is 65.0 Å². The summed E-state index contributed by atoms with van der Waals surface area (Å²) in [4.78, 5) is 14.3. The lowest BCUT2D eigenvalue weighted by Gasteiger charge is -2.72. The summed E-state index contributed by atoms with van der Waals surface area (Å²) in [5.41, 5.74) is 5.64. The Balaban J connectivity index is 1.07. The van der Waals surface area contributed by atoms with Gasteiger partial charge in [0, 0.05) is 31.2 Å². The van der Waals surface area contributed by atoms with Crippen LogP contribution in [0, 0.1) is 51.2 Å². The Morgan fingerprint density at radius 2 is 1.75 bits per heavy atom. The lowest BCUT2D eigenvalue weighted by Crippen LogP contribution is -2.68. The Labute approximate surface area is 290 Å². The number of hydrogen-bond acceptors (Lipinski definition) is 4. The van der Waals surface area contributed by atoms with Gasteiger partial charge >= 0.3 is 5.97 Å². The van der Waals surface area contributed by atoms with Crippen molar-refractivity contribution < 1.29 is 14.6 Å². The van der Waals surface area contributed by atoms with E-state index in [1.54, 1.807) is 12.1 Å². The molecule has 6 fully saturated rings. The number of likely N-dealkylation sites (tertiary alicyclic amines) is 1. The van der Waals surface area contributed by atoms with Crippen molar-refractivity contribution in [2.45, 2.75) is 123 Å². The van der Waals surface area contributed by atoms with Gasteiger partial charge in [-0.25, -0.2) is 4.79 Å². The molecule has 8 rings (SSSR count). The molecule has 2 N–H and O–H groups in total. The van der Waals surface area contributed by atoms with Gasteiger partial charge in [0.15, 0.2) is 0 Å². The maximum absolute atomic E-state index is 11.6. The van der Waals surface area contributed by atoms with Crippen LogP contribution < -0.4 is 5.32 Å². The first-order valence-corrected chi connectivity index (χ1v) is 19.5. The summed E-state index contributed by atoms with van der Waals surface area (Å²) in [6, 6.07) is 8.31. The molecule has 1 unspecified atom stereocenters. The minimum atomic E-state index is -0.853. The molecule has 7 aliphatic rings. The Morgan fingerprint density at radius 3 is 2.42 bits per heavy atom. The number of benzene rings is 1. The third kappa shape index (κ3) is 4.61. The second-order valence-corrected chi connectivity index (χ2v) is 19.0. The molecule has 5 nitrogen and oxygen atoms in total. The van der Waals surface area contributed by atoms with E-state index in [9.17, 15) is 9.90 Å². The molecule has 4 saturated carbocycles. The molecule has 2 bridgehead atoms. The van der Waals surface area contributed by atoms with Crippen LogP contribution in [0.1, 0.15) is 122 Å². The molecule has 0 radical (unpaired) electrons. The molecule has 262 valence electrons. The van der Waals surface area contributed by atoms with Gasteiger partial charge < -0.3 is 15.2 Å². The zero-order valence-corrected chi connectivity index (χ0v) is 30.7. The van der Waals surface area contributed by atoms with Gasteiger partial charge in [0.1, 0.15) is 0 Å². The Hall–Kier alpha value is -1.95. The summed E-state index contributed by atoms with van der Waals surface area (Å²) in [5.74, 6) is 2.56. The molecule has 2 aliphatic heterocycles. The maximum Gasteiger partial charge on any atom is 0.335 e. The van der Waals surface area contributed by atoms with E-state index in [4.69, 9.17) is 4.74 Å². The number of aromatic carboxylic acids is 1. The van der Waals surface area contributed by atoms with E-state index >= 15 is 0 Å². The monoisotopic (exact) mass is 654 g/mol. The number of nitrogens with one attached hydrogen (secondary N) is 1. The van der Waals surface area contributed by atoms with Gasteiger partial charge in [-0.05, 0) is 146 Å². The number of carboxylic acid groups (broad SMARTS) is 1. The fourth-order valence-electron chi connectivity index (χ4n) is 14.5. The predicted molar refractivity (Wildman–Crippen MR) is 194 cm³/mol. The Kier molecular flexibility index (Phi) is 7.80. The quantitative estimate of drug-likeness (QED) is 0.288. The summed E-state index contributed by atoms with van der Waals surface area (Å²) < 4.78 is 5.91. The first-order chi connectivity index (χ1) is 22.7. The molecule has 2 saturated heterocycles. The fourth-order valence-corrected chi connectivity index (χ4v) is 14.5. The van der Waals surface area contributed by atoms with Crippen molar-refractivity contribution >= 4 is 11.5 Å². The van der Waals surface area contributed by atoms with Crippen LogP contribution in [0.4, 0.5) is 0 Å². The molecule has 2 heterocycles. The van der Waals surface area contributed by atoms with Crippen molar-refractivity contribution in [2.24, 2.45) is 51.2 Å². The van der Waals surface area contributed by atoms with Crippen LogP contribution in [0.5, 0.6) is 0 Å². The van der Waals surface area contributed by atoms with Crippen molar-refractivity contribution in [3.63, 3.8) is 0 Å². The first-order valence-electron chi connectivity index (χ1n) is 19.5. The van der Waals surface area contributed by atoms with Crippen molar-refractivity contribution in [1.82, 2.24) is 10.2 Å². The molecule has 11 atom stereocenters. The third-order valence-corrected chi connectivity index (χ3v) is 17.0. The van der Waals surface area contributed by atoms with Crippen LogP contribution in [0.25, 0.3) is 5.57 Å². The number of carbonyl (C=O) groups is 1. The number of morpholine rings is 1. The minimum absolute atomic E-state index is 0.0416. The largest absolute Gasteiger partial charge is 0.478 e. The number of fused-ring (bicyclic) bond motifs is 9. The second-order valence-electron chi connectivity index (χ2n) is 19.0. The molecule has 5 aliphatic carbocycles. The van der Waals surface area contributed by atoms with E-state index in [1.165, 1.54) is 74.5 Å². The van der Waals surface area contributed by atoms with Crippen molar-refractivity contribution in [3.05, 3.63) is 53.6 Å². The molecular formula is C43H62N2O3. The smallest absolute Gasteiger partial charge is 0.335 e. The van der Waals surface area contributed by atoms with Gasteiger partial charge in [-0.2, -0.15) is 0 Å². The molecular weight excluding hydrogens is 592 g/mol. The van der Waals surface area contributed by atoms with Gasteiger partial charge in [0.2, 0.25) is 0 Å². The highest BCUT2D eigenvalue weighted by Crippen LogP contribution is 2.76. The average molecular weight is 655 g/mol. The number of allylic oxidation sites excluding steroid dienone is 3. The predicted octanol–water partition coefficient (Wildman–Crippen LogP) is 8.85. The molecule has 0 spiro atoms. The SMILES string of the molecule is C=C(C)[C@@H]1CC[C@]2(NCCN3C[C@@H]4CC3CO4)CC[C@]3(C)[C@@H](CC[C@@H]4[C@@]5(C)CC=C(c6ccc(C(=O)O)cc6)C(C)(C)[C@@H]5CC[C@]43C)[C@@H]12. The van der Waals surface area contributed by atoms with Gasteiger partial charge in [0.05, 0.1) is 18.3 Å². The Morgan fingerprint density at radius 1 is 0.979 bits per heavy atom. The number of hydrogen-bond donors (Lipinski definition) is 2. The Bertz CT molecular complexity index is 1500. The van der Waals surface area contributed by atoms with E-state index in [2.05, 4.69) is 64.4 Å². The lowest BCUT2D eigenvalue weighted by molar-refractivity contribution is -0.219. The molecule has 0 aromatic heterocycles. The summed E-state index contributed by atoms with van der Waals surface area (Å²) in [7, 11) is 0. The number of rotatable bonds is 7. The van der Waals surface area contributed by atoms with Gasteiger partial charge in [-0.3, -0.25) is 4.90 Å². The van der Waals surface area contributed by atoms with E-state index in [0.29, 0.717) is 46.3 Å². The average Bonchev–Trinajstić information content (AvgIpc) is 3.76. The zero-order valence-electron chi connectivity index (χ0n) is 30.7. The van der Waals surface area contributed by atoms with E-state index in [0.717, 1.165) is 44.5 Å². The topological polar surface area (TPSA) is 61.8 Å². The minimum Gasteiger partial charge on any atom is -0.478 e. The normalized spacial score (nSPS) is 45.9. The van der Waals surface area contributed by atoms with Crippen LogP contribution >= 0.6 is 0 Å². The summed E-state index contributed by atoms with van der Waals surface area (Å²) >= 11 is 0. The highest BCUT2D eigenvalue weighted by molar-refractivity contribution is 5.88.